The second-order valence-corrected chi connectivity index (χ2v) is 16.9. The van der Waals surface area contributed by atoms with Crippen molar-refractivity contribution in [3.63, 3.8) is 0 Å². The van der Waals surface area contributed by atoms with Gasteiger partial charge in [0.1, 0.15) is 73.2 Å². The Balaban J connectivity index is 1.59. The number of allylic oxidation sites excluding steroid dienone is 3. The lowest BCUT2D eigenvalue weighted by Gasteiger charge is -2.48. The molecular formula is C44H79NO18. The molecule has 3 saturated heterocycles. The van der Waals surface area contributed by atoms with Crippen molar-refractivity contribution in [2.75, 3.05) is 26.4 Å². The van der Waals surface area contributed by atoms with Crippen LogP contribution in [0.25, 0.3) is 0 Å². The van der Waals surface area contributed by atoms with Crippen LogP contribution in [0.2, 0.25) is 0 Å². The molecular weight excluding hydrogens is 830 g/mol. The van der Waals surface area contributed by atoms with Crippen molar-refractivity contribution < 1.29 is 89.4 Å². The van der Waals surface area contributed by atoms with Gasteiger partial charge in [-0.15, -0.1) is 0 Å². The highest BCUT2D eigenvalue weighted by atomic mass is 16.8. The number of aliphatic hydroxyl groups excluding tert-OH is 11. The number of nitrogens with one attached hydrogen (secondary N) is 1. The molecule has 0 spiro atoms. The van der Waals surface area contributed by atoms with Gasteiger partial charge < -0.3 is 89.9 Å². The fourth-order valence-electron chi connectivity index (χ4n) is 7.76. The molecule has 19 nitrogen and oxygen atoms in total. The Labute approximate surface area is 371 Å². The lowest BCUT2D eigenvalue weighted by Crippen LogP contribution is -2.66. The third-order valence-corrected chi connectivity index (χ3v) is 11.7. The van der Waals surface area contributed by atoms with E-state index >= 15 is 0 Å². The molecule has 19 heteroatoms. The molecule has 17 atom stereocenters. The summed E-state index contributed by atoms with van der Waals surface area (Å²) in [6, 6.07) is -0.969. The van der Waals surface area contributed by atoms with Crippen LogP contribution in [0.1, 0.15) is 117 Å². The van der Waals surface area contributed by atoms with E-state index in [1.807, 2.05) is 6.08 Å². The normalized spacial score (nSPS) is 35.0. The molecule has 0 bridgehead atoms. The SMILES string of the molecule is CCCC/C=C\CCCCCCCC(=O)NC(COC1OC(CO)C(OC2OC(CO)C(OC3OC(CO)C(O)C(O)C3O)C(O)C2O)C(O)C1O)C(O)/C=C/CCCCCCC. The number of rotatable bonds is 30. The van der Waals surface area contributed by atoms with Crippen molar-refractivity contribution in [1.82, 2.24) is 5.32 Å². The maximum Gasteiger partial charge on any atom is 0.220 e. The van der Waals surface area contributed by atoms with Crippen LogP contribution in [0, 0.1) is 0 Å². The van der Waals surface area contributed by atoms with Gasteiger partial charge in [0.05, 0.1) is 38.6 Å². The first-order valence-electron chi connectivity index (χ1n) is 23.1. The molecule has 368 valence electrons. The van der Waals surface area contributed by atoms with Crippen molar-refractivity contribution in [3.05, 3.63) is 24.3 Å². The highest BCUT2D eigenvalue weighted by molar-refractivity contribution is 5.76. The number of hydrogen-bond acceptors (Lipinski definition) is 18. The van der Waals surface area contributed by atoms with E-state index in [1.54, 1.807) is 6.08 Å². The van der Waals surface area contributed by atoms with Gasteiger partial charge in [-0.25, -0.2) is 0 Å². The van der Waals surface area contributed by atoms with Gasteiger partial charge in [0.25, 0.3) is 0 Å². The molecule has 12 N–H and O–H groups in total. The largest absolute Gasteiger partial charge is 0.394 e. The summed E-state index contributed by atoms with van der Waals surface area (Å²) in [5, 5.41) is 119. The van der Waals surface area contributed by atoms with Crippen molar-refractivity contribution in [3.8, 4) is 0 Å². The van der Waals surface area contributed by atoms with E-state index in [1.165, 1.54) is 12.8 Å². The Morgan fingerprint density at radius 2 is 1.02 bits per heavy atom. The quantitative estimate of drug-likeness (QED) is 0.0325. The molecule has 3 rings (SSSR count). The third kappa shape index (κ3) is 17.8. The van der Waals surface area contributed by atoms with Gasteiger partial charge in [-0.2, -0.15) is 0 Å². The predicted octanol–water partition coefficient (Wildman–Crippen LogP) is -0.309. The molecule has 3 fully saturated rings. The first-order chi connectivity index (χ1) is 30.3. The fraction of sp³-hybridized carbons (Fsp3) is 0.886. The second-order valence-electron chi connectivity index (χ2n) is 16.9. The minimum Gasteiger partial charge on any atom is -0.394 e. The van der Waals surface area contributed by atoms with Crippen LogP contribution in [0.15, 0.2) is 24.3 Å². The Morgan fingerprint density at radius 1 is 0.556 bits per heavy atom. The van der Waals surface area contributed by atoms with Crippen LogP contribution < -0.4 is 5.32 Å². The van der Waals surface area contributed by atoms with E-state index in [4.69, 9.17) is 28.4 Å². The molecule has 63 heavy (non-hydrogen) atoms. The van der Waals surface area contributed by atoms with Crippen molar-refractivity contribution in [1.29, 1.82) is 0 Å². The first kappa shape index (κ1) is 55.6. The van der Waals surface area contributed by atoms with Gasteiger partial charge in [0, 0.05) is 6.42 Å². The molecule has 0 aromatic rings. The average Bonchev–Trinajstić information content (AvgIpc) is 3.28. The van der Waals surface area contributed by atoms with E-state index in [9.17, 15) is 61.0 Å². The number of unbranched alkanes of at least 4 members (excludes halogenated alkanes) is 12. The maximum absolute atomic E-state index is 13.1. The minimum absolute atomic E-state index is 0.232. The highest BCUT2D eigenvalue weighted by Gasteiger charge is 2.53. The maximum atomic E-state index is 13.1. The second kappa shape index (κ2) is 30.5. The van der Waals surface area contributed by atoms with E-state index in [2.05, 4.69) is 31.3 Å². The van der Waals surface area contributed by atoms with Crippen LogP contribution in [0.3, 0.4) is 0 Å². The van der Waals surface area contributed by atoms with Crippen molar-refractivity contribution in [2.45, 2.75) is 221 Å². The van der Waals surface area contributed by atoms with Crippen molar-refractivity contribution >= 4 is 5.91 Å². The standard InChI is InChI=1S/C44H79NO18/c1-3-5-7-9-11-12-13-14-16-18-20-22-32(50)45-27(28(49)21-19-17-15-10-8-6-4-2)26-58-42-38(56)35(53)40(30(24-47)60-42)63-44-39(57)36(54)41(31(25-48)61-44)62-43-37(55)34(52)33(51)29(23-46)59-43/h9,11,19,21,27-31,33-44,46-49,51-57H,3-8,10,12-18,20,22-26H2,1-2H3,(H,45,50)/b11-9-,21-19+. The molecule has 0 aliphatic carbocycles. The Kier molecular flexibility index (Phi) is 26.9. The summed E-state index contributed by atoms with van der Waals surface area (Å²) in [4.78, 5) is 13.1. The van der Waals surface area contributed by atoms with Crippen LogP contribution >= 0.6 is 0 Å². The van der Waals surface area contributed by atoms with Crippen molar-refractivity contribution in [2.24, 2.45) is 0 Å². The van der Waals surface area contributed by atoms with Gasteiger partial charge in [-0.3, -0.25) is 4.79 Å². The summed E-state index contributed by atoms with van der Waals surface area (Å²) in [6.45, 7) is 1.54. The molecule has 17 unspecified atom stereocenters. The number of carbonyl (C=O) groups is 1. The molecule has 0 aromatic heterocycles. The zero-order valence-electron chi connectivity index (χ0n) is 37.0. The summed E-state index contributed by atoms with van der Waals surface area (Å²) in [5.41, 5.74) is 0. The van der Waals surface area contributed by atoms with Crippen LogP contribution in [0.4, 0.5) is 0 Å². The van der Waals surface area contributed by atoms with E-state index in [0.29, 0.717) is 6.42 Å². The Morgan fingerprint density at radius 3 is 1.59 bits per heavy atom. The number of ether oxygens (including phenoxy) is 6. The topological polar surface area (TPSA) is 307 Å². The van der Waals surface area contributed by atoms with Gasteiger partial charge in [-0.1, -0.05) is 95.9 Å². The lowest BCUT2D eigenvalue weighted by molar-refractivity contribution is -0.379. The van der Waals surface area contributed by atoms with E-state index in [0.717, 1.165) is 77.0 Å². The molecule has 0 saturated carbocycles. The minimum atomic E-state index is -1.97. The first-order valence-corrected chi connectivity index (χ1v) is 23.1. The molecule has 0 aromatic carbocycles. The lowest BCUT2D eigenvalue weighted by atomic mass is 9.96. The summed E-state index contributed by atoms with van der Waals surface area (Å²) < 4.78 is 33.9. The molecule has 1 amide bonds. The van der Waals surface area contributed by atoms with Gasteiger partial charge in [0.2, 0.25) is 5.91 Å². The number of amides is 1. The Bertz CT molecular complexity index is 1280. The molecule has 3 aliphatic heterocycles. The summed E-state index contributed by atoms with van der Waals surface area (Å²) in [7, 11) is 0. The summed E-state index contributed by atoms with van der Waals surface area (Å²) in [6.07, 6.45) is -3.32. The number of hydrogen-bond donors (Lipinski definition) is 12. The van der Waals surface area contributed by atoms with E-state index in [-0.39, 0.29) is 18.9 Å². The molecule has 0 radical (unpaired) electrons. The zero-order chi connectivity index (χ0) is 46.3. The monoisotopic (exact) mass is 910 g/mol. The third-order valence-electron chi connectivity index (χ3n) is 11.7. The zero-order valence-corrected chi connectivity index (χ0v) is 37.0. The molecule has 3 heterocycles. The highest BCUT2D eigenvalue weighted by Crippen LogP contribution is 2.33. The van der Waals surface area contributed by atoms with Crippen LogP contribution in [-0.2, 0) is 33.2 Å². The van der Waals surface area contributed by atoms with Gasteiger partial charge >= 0.3 is 0 Å². The van der Waals surface area contributed by atoms with Gasteiger partial charge in [-0.05, 0) is 38.5 Å². The Hall–Kier alpha value is -1.73. The van der Waals surface area contributed by atoms with Crippen LogP contribution in [-0.4, -0.2) is 193 Å². The van der Waals surface area contributed by atoms with Crippen LogP contribution in [0.5, 0.6) is 0 Å². The van der Waals surface area contributed by atoms with Gasteiger partial charge in [0.15, 0.2) is 18.9 Å². The number of aliphatic hydroxyl groups is 11. The molecule has 3 aliphatic rings. The number of carbonyl (C=O) groups excluding carboxylic acids is 1. The summed E-state index contributed by atoms with van der Waals surface area (Å²) in [5.74, 6) is -0.295. The van der Waals surface area contributed by atoms with E-state index < -0.39 is 124 Å². The smallest absolute Gasteiger partial charge is 0.220 e. The average molecular weight is 910 g/mol. The summed E-state index contributed by atoms with van der Waals surface area (Å²) >= 11 is 0. The predicted molar refractivity (Wildman–Crippen MR) is 226 cm³/mol. The fourth-order valence-corrected chi connectivity index (χ4v) is 7.76.